The summed E-state index contributed by atoms with van der Waals surface area (Å²) in [6.45, 7) is 3.20. The zero-order valence-corrected chi connectivity index (χ0v) is 8.19. The molecule has 0 aromatic rings. The van der Waals surface area contributed by atoms with Crippen molar-refractivity contribution in [1.82, 2.24) is 0 Å². The van der Waals surface area contributed by atoms with Crippen LogP contribution in [-0.2, 0) is 31.3 Å². The molecule has 0 aliphatic heterocycles. The van der Waals surface area contributed by atoms with Gasteiger partial charge in [-0.25, -0.2) is 0 Å². The second kappa shape index (κ2) is 12.3. The molecule has 0 radical (unpaired) electrons. The minimum Gasteiger partial charge on any atom is -0.481 e. The van der Waals surface area contributed by atoms with Crippen LogP contribution in [0.5, 0.6) is 0 Å². The van der Waals surface area contributed by atoms with Gasteiger partial charge in [-0.05, 0) is 0 Å². The molecule has 11 heavy (non-hydrogen) atoms. The van der Waals surface area contributed by atoms with Crippen LogP contribution in [-0.4, -0.2) is 22.2 Å². The van der Waals surface area contributed by atoms with Gasteiger partial charge in [-0.1, -0.05) is 13.8 Å². The Morgan fingerprint density at radius 1 is 1.00 bits per heavy atom. The Labute approximate surface area is 80.5 Å². The third kappa shape index (κ3) is 42.4. The van der Waals surface area contributed by atoms with Crippen LogP contribution in [0.3, 0.4) is 0 Å². The zero-order chi connectivity index (χ0) is 8.57. The first kappa shape index (κ1) is 16.9. The van der Waals surface area contributed by atoms with Crippen molar-refractivity contribution >= 4 is 11.9 Å². The van der Waals surface area contributed by atoms with Gasteiger partial charge in [-0.2, -0.15) is 0 Å². The van der Waals surface area contributed by atoms with Gasteiger partial charge < -0.3 is 10.2 Å². The maximum atomic E-state index is 9.37. The van der Waals surface area contributed by atoms with Crippen LogP contribution in [0.2, 0.25) is 0 Å². The van der Waals surface area contributed by atoms with E-state index in [9.17, 15) is 9.59 Å². The molecule has 0 rings (SSSR count). The monoisotopic (exact) mass is 196 g/mol. The first-order valence-corrected chi connectivity index (χ1v) is 2.98. The Morgan fingerprint density at radius 2 is 1.09 bits per heavy atom. The van der Waals surface area contributed by atoms with Crippen LogP contribution in [0.4, 0.5) is 0 Å². The number of hydrogen-bond acceptors (Lipinski definition) is 2. The molecule has 4 nitrogen and oxygen atoms in total. The van der Waals surface area contributed by atoms with Crippen molar-refractivity contribution in [3.05, 3.63) is 0 Å². The van der Waals surface area contributed by atoms with Crippen LogP contribution in [0, 0.1) is 0 Å². The van der Waals surface area contributed by atoms with Crippen molar-refractivity contribution in [1.29, 1.82) is 0 Å². The fraction of sp³-hybridized carbons (Fsp3) is 0.667. The summed E-state index contributed by atoms with van der Waals surface area (Å²) in [6, 6.07) is 0. The topological polar surface area (TPSA) is 74.6 Å². The number of carbonyl (C=O) groups is 2. The quantitative estimate of drug-likeness (QED) is 0.645. The summed E-state index contributed by atoms with van der Waals surface area (Å²) in [6.07, 6.45) is 0.444. The van der Waals surface area contributed by atoms with Crippen molar-refractivity contribution < 1.29 is 41.5 Å². The molecule has 0 spiro atoms. The van der Waals surface area contributed by atoms with Gasteiger partial charge in [-0.15, -0.1) is 0 Å². The Bertz CT molecular complexity index is 99.1. The molecule has 0 bridgehead atoms. The van der Waals surface area contributed by atoms with Crippen LogP contribution in [0.1, 0.15) is 26.7 Å². The third-order valence-corrected chi connectivity index (χ3v) is 0.605. The number of hydrogen-bond donors (Lipinski definition) is 2. The summed E-state index contributed by atoms with van der Waals surface area (Å²) in [5, 5.41) is 15.4. The first-order chi connectivity index (χ1) is 4.54. The van der Waals surface area contributed by atoms with Gasteiger partial charge in [0.15, 0.2) is 0 Å². The van der Waals surface area contributed by atoms with E-state index < -0.39 is 11.9 Å². The number of carboxylic acids is 2. The molecule has 5 heteroatoms. The summed E-state index contributed by atoms with van der Waals surface area (Å²) >= 11 is 0. The average molecular weight is 196 g/mol. The largest absolute Gasteiger partial charge is 4.00 e. The molecule has 0 aliphatic rings. The van der Waals surface area contributed by atoms with E-state index in [2.05, 4.69) is 0 Å². The maximum absolute atomic E-state index is 9.37. The maximum Gasteiger partial charge on any atom is 4.00 e. The minimum absolute atomic E-state index is 0. The van der Waals surface area contributed by atoms with Crippen molar-refractivity contribution in [3.8, 4) is 0 Å². The summed E-state index contributed by atoms with van der Waals surface area (Å²) < 4.78 is 0. The van der Waals surface area contributed by atoms with E-state index in [1.54, 1.807) is 13.8 Å². The van der Waals surface area contributed by atoms with Gasteiger partial charge in [0.05, 0.1) is 0 Å². The van der Waals surface area contributed by atoms with E-state index in [4.69, 9.17) is 10.2 Å². The molecule has 0 heterocycles. The predicted octanol–water partition coefficient (Wildman–Crippen LogP) is 0.960. The predicted molar refractivity (Wildman–Crippen MR) is 35.9 cm³/mol. The van der Waals surface area contributed by atoms with Gasteiger partial charge in [0.1, 0.15) is 0 Å². The summed E-state index contributed by atoms with van der Waals surface area (Å²) in [4.78, 5) is 18.7. The number of aliphatic carboxylic acids is 2. The van der Waals surface area contributed by atoms with E-state index in [0.29, 0.717) is 0 Å². The van der Waals surface area contributed by atoms with Crippen LogP contribution < -0.4 is 0 Å². The fourth-order valence-corrected chi connectivity index (χ4v) is 0. The minimum atomic E-state index is -0.745. The van der Waals surface area contributed by atoms with Crippen molar-refractivity contribution in [2.75, 3.05) is 0 Å². The number of rotatable bonds is 2. The standard InChI is InChI=1S/2C3H6O2.Ti/c2*1-2-3(4)5;/h2*2H2,1H3,(H,4,5);/q;;+4. The average Bonchev–Trinajstić information content (AvgIpc) is 1.89. The molecule has 0 amide bonds. The van der Waals surface area contributed by atoms with Gasteiger partial charge in [0.2, 0.25) is 0 Å². The Kier molecular flexibility index (Phi) is 19.0. The van der Waals surface area contributed by atoms with E-state index in [1.807, 2.05) is 0 Å². The van der Waals surface area contributed by atoms with Crippen molar-refractivity contribution in [3.63, 3.8) is 0 Å². The molecule has 0 aromatic carbocycles. The van der Waals surface area contributed by atoms with E-state index in [1.165, 1.54) is 0 Å². The molecule has 0 atom stereocenters. The molecular weight excluding hydrogens is 184 g/mol. The van der Waals surface area contributed by atoms with E-state index in [-0.39, 0.29) is 34.6 Å². The van der Waals surface area contributed by atoms with Crippen molar-refractivity contribution in [2.24, 2.45) is 0 Å². The Balaban J connectivity index is -0.000000107. The summed E-state index contributed by atoms with van der Waals surface area (Å²) in [5.41, 5.74) is 0. The van der Waals surface area contributed by atoms with E-state index in [0.717, 1.165) is 0 Å². The van der Waals surface area contributed by atoms with Crippen LogP contribution >= 0.6 is 0 Å². The fourth-order valence-electron chi connectivity index (χ4n) is 0. The number of carboxylic acid groups (broad SMARTS) is 2. The van der Waals surface area contributed by atoms with Gasteiger partial charge in [0.25, 0.3) is 0 Å². The Morgan fingerprint density at radius 3 is 1.09 bits per heavy atom. The van der Waals surface area contributed by atoms with Gasteiger partial charge in [0, 0.05) is 12.8 Å². The Hall–Kier alpha value is -0.346. The molecule has 60 valence electrons. The smallest absolute Gasteiger partial charge is 0.481 e. The molecule has 2 N–H and O–H groups in total. The molecule has 0 aromatic heterocycles. The summed E-state index contributed by atoms with van der Waals surface area (Å²) in [7, 11) is 0. The third-order valence-electron chi connectivity index (χ3n) is 0.605. The second-order valence-electron chi connectivity index (χ2n) is 1.49. The first-order valence-electron chi connectivity index (χ1n) is 2.98. The molecule has 0 fully saturated rings. The molecule has 0 aliphatic carbocycles. The van der Waals surface area contributed by atoms with Crippen molar-refractivity contribution in [2.45, 2.75) is 26.7 Å². The van der Waals surface area contributed by atoms with Crippen LogP contribution in [0.25, 0.3) is 0 Å². The van der Waals surface area contributed by atoms with Crippen LogP contribution in [0.15, 0.2) is 0 Å². The molecule has 0 saturated carbocycles. The molecule has 0 unspecified atom stereocenters. The second-order valence-corrected chi connectivity index (χ2v) is 1.49. The zero-order valence-electron chi connectivity index (χ0n) is 6.63. The van der Waals surface area contributed by atoms with E-state index >= 15 is 0 Å². The summed E-state index contributed by atoms with van der Waals surface area (Å²) in [5.74, 6) is -1.49. The molecule has 0 saturated heterocycles. The van der Waals surface area contributed by atoms with Gasteiger partial charge >= 0.3 is 33.7 Å². The normalized spacial score (nSPS) is 6.73. The SMILES string of the molecule is CCC(=O)O.CCC(=O)O.[Ti+4]. The molecular formula is C6H12O4Ti+4. The van der Waals surface area contributed by atoms with Gasteiger partial charge in [-0.3, -0.25) is 9.59 Å².